The van der Waals surface area contributed by atoms with Crippen molar-refractivity contribution in [3.63, 3.8) is 0 Å². The topological polar surface area (TPSA) is 96.0 Å². The number of ether oxygens (including phenoxy) is 1. The largest absolute Gasteiger partial charge is 0.457 e. The van der Waals surface area contributed by atoms with Crippen LogP contribution in [0.2, 0.25) is 0 Å². The lowest BCUT2D eigenvalue weighted by molar-refractivity contribution is -0.139. The third kappa shape index (κ3) is 8.85. The van der Waals surface area contributed by atoms with E-state index in [9.17, 15) is 18.0 Å². The Balaban J connectivity index is 1.84. The van der Waals surface area contributed by atoms with Gasteiger partial charge in [-0.15, -0.1) is 0 Å². The Bertz CT molecular complexity index is 1340. The molecule has 0 aromatic heterocycles. The number of rotatable bonds is 12. The summed E-state index contributed by atoms with van der Waals surface area (Å²) >= 11 is 0. The van der Waals surface area contributed by atoms with Gasteiger partial charge in [-0.2, -0.15) is 0 Å². The minimum atomic E-state index is -3.82. The number of aryl methyl sites for hydroxylation is 1. The molecule has 9 heteroatoms. The fourth-order valence-corrected chi connectivity index (χ4v) is 4.69. The van der Waals surface area contributed by atoms with Crippen LogP contribution < -0.4 is 14.4 Å². The molecule has 0 aliphatic rings. The number of nitrogens with one attached hydrogen (secondary N) is 1. The summed E-state index contributed by atoms with van der Waals surface area (Å²) in [6.07, 6.45) is 1.05. The van der Waals surface area contributed by atoms with Crippen LogP contribution >= 0.6 is 0 Å². The summed E-state index contributed by atoms with van der Waals surface area (Å²) in [6, 6.07) is 22.6. The third-order valence-electron chi connectivity index (χ3n) is 6.11. The van der Waals surface area contributed by atoms with Crippen LogP contribution in [0.4, 0.5) is 5.69 Å². The van der Waals surface area contributed by atoms with Gasteiger partial charge in [0.2, 0.25) is 21.8 Å². The van der Waals surface area contributed by atoms with Crippen molar-refractivity contribution in [3.8, 4) is 11.5 Å². The maximum Gasteiger partial charge on any atom is 0.244 e. The zero-order valence-corrected chi connectivity index (χ0v) is 23.9. The molecule has 0 saturated heterocycles. The van der Waals surface area contributed by atoms with E-state index in [-0.39, 0.29) is 18.4 Å². The zero-order chi connectivity index (χ0) is 28.6. The Kier molecular flexibility index (Phi) is 10.1. The number of hydrogen-bond donors (Lipinski definition) is 1. The van der Waals surface area contributed by atoms with Gasteiger partial charge < -0.3 is 15.0 Å². The molecule has 1 N–H and O–H groups in total. The first-order valence-corrected chi connectivity index (χ1v) is 14.7. The number of sulfonamides is 1. The smallest absolute Gasteiger partial charge is 0.244 e. The molecule has 8 nitrogen and oxygen atoms in total. The first kappa shape index (κ1) is 29.7. The first-order valence-electron chi connectivity index (χ1n) is 12.9. The van der Waals surface area contributed by atoms with Gasteiger partial charge in [-0.25, -0.2) is 8.42 Å². The van der Waals surface area contributed by atoms with E-state index in [1.54, 1.807) is 31.2 Å². The van der Waals surface area contributed by atoms with Crippen LogP contribution in [0.25, 0.3) is 0 Å². The van der Waals surface area contributed by atoms with Crippen molar-refractivity contribution < 1.29 is 22.7 Å². The summed E-state index contributed by atoms with van der Waals surface area (Å²) in [5, 5.41) is 2.87. The number of carbonyl (C=O) groups is 2. The Morgan fingerprint density at radius 3 is 2.03 bits per heavy atom. The highest BCUT2D eigenvalue weighted by molar-refractivity contribution is 7.92. The minimum absolute atomic E-state index is 0.164. The molecule has 0 spiro atoms. The number of amides is 2. The number of benzene rings is 3. The second-order valence-electron chi connectivity index (χ2n) is 10.0. The molecular weight excluding hydrogens is 514 g/mol. The van der Waals surface area contributed by atoms with E-state index in [1.165, 1.54) is 4.90 Å². The van der Waals surface area contributed by atoms with Gasteiger partial charge in [0, 0.05) is 13.1 Å². The zero-order valence-electron chi connectivity index (χ0n) is 23.1. The molecule has 1 atom stereocenters. The molecule has 0 aliphatic carbocycles. The Morgan fingerprint density at radius 2 is 1.46 bits per heavy atom. The quantitative estimate of drug-likeness (QED) is 0.351. The third-order valence-corrected chi connectivity index (χ3v) is 7.25. The minimum Gasteiger partial charge on any atom is -0.457 e. The Hall–Kier alpha value is -3.85. The van der Waals surface area contributed by atoms with E-state index in [0.29, 0.717) is 23.7 Å². The van der Waals surface area contributed by atoms with Crippen LogP contribution in [-0.4, -0.2) is 50.5 Å². The van der Waals surface area contributed by atoms with Gasteiger partial charge in [-0.3, -0.25) is 13.9 Å². The highest BCUT2D eigenvalue weighted by atomic mass is 32.2. The standard InChI is InChI=1S/C30H37N3O5S/c1-22(2)19-31-30(35)24(4)32(20-25-13-11-23(3)12-14-25)29(34)21-33(39(5,36)37)26-15-17-28(18-16-26)38-27-9-7-6-8-10-27/h6-18,22,24H,19-21H2,1-5H3,(H,31,35). The molecule has 0 radical (unpaired) electrons. The molecule has 0 saturated carbocycles. The van der Waals surface area contributed by atoms with Gasteiger partial charge >= 0.3 is 0 Å². The number of para-hydroxylation sites is 1. The van der Waals surface area contributed by atoms with Gasteiger partial charge in [0.1, 0.15) is 24.1 Å². The van der Waals surface area contributed by atoms with Gasteiger partial charge in [0.05, 0.1) is 11.9 Å². The van der Waals surface area contributed by atoms with Crippen molar-refractivity contribution in [2.45, 2.75) is 40.3 Å². The predicted octanol–water partition coefficient (Wildman–Crippen LogP) is 4.74. The molecule has 3 rings (SSSR count). The Morgan fingerprint density at radius 1 is 0.872 bits per heavy atom. The highest BCUT2D eigenvalue weighted by Gasteiger charge is 2.30. The summed E-state index contributed by atoms with van der Waals surface area (Å²) in [5.74, 6) is 0.644. The normalized spacial score (nSPS) is 12.1. The van der Waals surface area contributed by atoms with Crippen molar-refractivity contribution in [2.24, 2.45) is 5.92 Å². The van der Waals surface area contributed by atoms with Gasteiger partial charge in [-0.1, -0.05) is 61.9 Å². The molecule has 3 aromatic carbocycles. The average molecular weight is 552 g/mol. The number of anilines is 1. The van der Waals surface area contributed by atoms with E-state index in [1.807, 2.05) is 75.4 Å². The monoisotopic (exact) mass is 551 g/mol. The van der Waals surface area contributed by atoms with Crippen molar-refractivity contribution in [3.05, 3.63) is 90.0 Å². The Labute approximate surface area is 231 Å². The van der Waals surface area contributed by atoms with E-state index < -0.39 is 28.5 Å². The lowest BCUT2D eigenvalue weighted by atomic mass is 10.1. The molecule has 0 heterocycles. The van der Waals surface area contributed by atoms with E-state index in [2.05, 4.69) is 5.32 Å². The van der Waals surface area contributed by atoms with Crippen molar-refractivity contribution in [1.29, 1.82) is 0 Å². The molecule has 0 bridgehead atoms. The summed E-state index contributed by atoms with van der Waals surface area (Å²) in [7, 11) is -3.82. The van der Waals surface area contributed by atoms with E-state index in [4.69, 9.17) is 4.74 Å². The maximum atomic E-state index is 13.7. The van der Waals surface area contributed by atoms with Crippen LogP contribution in [0.1, 0.15) is 31.9 Å². The number of nitrogens with zero attached hydrogens (tertiary/aromatic N) is 2. The molecule has 2 amide bonds. The number of carbonyl (C=O) groups excluding carboxylic acids is 2. The van der Waals surface area contributed by atoms with Gasteiger partial charge in [0.25, 0.3) is 0 Å². The van der Waals surface area contributed by atoms with Crippen LogP contribution in [0.3, 0.4) is 0 Å². The fraction of sp³-hybridized carbons (Fsp3) is 0.333. The second kappa shape index (κ2) is 13.3. The molecular formula is C30H37N3O5S. The van der Waals surface area contributed by atoms with E-state index in [0.717, 1.165) is 21.7 Å². The van der Waals surface area contributed by atoms with Crippen molar-refractivity contribution in [1.82, 2.24) is 10.2 Å². The van der Waals surface area contributed by atoms with Crippen LogP contribution in [0.5, 0.6) is 11.5 Å². The molecule has 39 heavy (non-hydrogen) atoms. The van der Waals surface area contributed by atoms with E-state index >= 15 is 0 Å². The van der Waals surface area contributed by atoms with Crippen molar-refractivity contribution in [2.75, 3.05) is 23.7 Å². The van der Waals surface area contributed by atoms with Crippen LogP contribution in [0, 0.1) is 12.8 Å². The fourth-order valence-electron chi connectivity index (χ4n) is 3.84. The molecule has 1 unspecified atom stereocenters. The maximum absolute atomic E-state index is 13.7. The molecule has 0 fully saturated rings. The lowest BCUT2D eigenvalue weighted by Crippen LogP contribution is -2.51. The number of hydrogen-bond acceptors (Lipinski definition) is 5. The van der Waals surface area contributed by atoms with Crippen LogP contribution in [0.15, 0.2) is 78.9 Å². The summed E-state index contributed by atoms with van der Waals surface area (Å²) in [6.45, 7) is 7.78. The molecule has 0 aliphatic heterocycles. The summed E-state index contributed by atoms with van der Waals surface area (Å²) in [5.41, 5.74) is 2.23. The van der Waals surface area contributed by atoms with Gasteiger partial charge in [0.15, 0.2) is 0 Å². The summed E-state index contributed by atoms with van der Waals surface area (Å²) < 4.78 is 32.4. The summed E-state index contributed by atoms with van der Waals surface area (Å²) in [4.78, 5) is 28.0. The van der Waals surface area contributed by atoms with Crippen LogP contribution in [-0.2, 0) is 26.2 Å². The predicted molar refractivity (Wildman–Crippen MR) is 154 cm³/mol. The second-order valence-corrected chi connectivity index (χ2v) is 11.9. The lowest BCUT2D eigenvalue weighted by Gasteiger charge is -2.31. The van der Waals surface area contributed by atoms with Crippen molar-refractivity contribution >= 4 is 27.5 Å². The first-order chi connectivity index (χ1) is 18.4. The molecule has 208 valence electrons. The SMILES string of the molecule is Cc1ccc(CN(C(=O)CN(c2ccc(Oc3ccccc3)cc2)S(C)(=O)=O)C(C)C(=O)NCC(C)C)cc1. The molecule has 3 aromatic rings. The highest BCUT2D eigenvalue weighted by Crippen LogP contribution is 2.26. The van der Waals surface area contributed by atoms with Gasteiger partial charge in [-0.05, 0) is 61.7 Å². The average Bonchev–Trinajstić information content (AvgIpc) is 2.90.